The molecule has 1 aromatic heterocycles. The van der Waals surface area contributed by atoms with Gasteiger partial charge in [0.1, 0.15) is 0 Å². The lowest BCUT2D eigenvalue weighted by molar-refractivity contribution is -0.383. The molecule has 22 heavy (non-hydrogen) atoms. The molecule has 2 heterocycles. The maximum Gasteiger partial charge on any atom is 0.295 e. The van der Waals surface area contributed by atoms with Crippen LogP contribution in [0.3, 0.4) is 0 Å². The van der Waals surface area contributed by atoms with Crippen molar-refractivity contribution in [3.8, 4) is 0 Å². The molecule has 1 aromatic carbocycles. The Morgan fingerprint density at radius 1 is 1.32 bits per heavy atom. The number of ether oxygens (including phenoxy) is 1. The van der Waals surface area contributed by atoms with E-state index in [1.165, 1.54) is 6.07 Å². The molecule has 1 aliphatic heterocycles. The molecule has 0 N–H and O–H groups in total. The van der Waals surface area contributed by atoms with Crippen LogP contribution in [0.5, 0.6) is 0 Å². The van der Waals surface area contributed by atoms with Crippen LogP contribution in [-0.2, 0) is 4.74 Å². The summed E-state index contributed by atoms with van der Waals surface area (Å²) in [5.41, 5.74) is 2.28. The molecule has 1 saturated heterocycles. The van der Waals surface area contributed by atoms with Crippen LogP contribution in [0.25, 0.3) is 10.9 Å². The van der Waals surface area contributed by atoms with E-state index in [9.17, 15) is 10.1 Å². The summed E-state index contributed by atoms with van der Waals surface area (Å²) in [6.07, 6.45) is 0.261. The summed E-state index contributed by atoms with van der Waals surface area (Å²) < 4.78 is 5.78. The fourth-order valence-electron chi connectivity index (χ4n) is 3.12. The van der Waals surface area contributed by atoms with Gasteiger partial charge < -0.3 is 9.64 Å². The van der Waals surface area contributed by atoms with E-state index in [2.05, 4.69) is 9.88 Å². The number of benzene rings is 1. The monoisotopic (exact) mass is 301 g/mol. The number of para-hydroxylation sites is 1. The number of aryl methyl sites for hydroxylation is 1. The first-order chi connectivity index (χ1) is 10.5. The third kappa shape index (κ3) is 2.62. The molecule has 6 nitrogen and oxygen atoms in total. The number of nitro benzene ring substituents is 1. The zero-order chi connectivity index (χ0) is 15.9. The Morgan fingerprint density at radius 2 is 2.00 bits per heavy atom. The molecule has 0 radical (unpaired) electrons. The molecule has 116 valence electrons. The van der Waals surface area contributed by atoms with Gasteiger partial charge in [0.15, 0.2) is 5.52 Å². The topological polar surface area (TPSA) is 68.5 Å². The van der Waals surface area contributed by atoms with E-state index in [1.54, 1.807) is 6.07 Å². The molecule has 1 fully saturated rings. The van der Waals surface area contributed by atoms with Gasteiger partial charge >= 0.3 is 0 Å². The van der Waals surface area contributed by atoms with Crippen LogP contribution in [0, 0.1) is 17.0 Å². The van der Waals surface area contributed by atoms with Gasteiger partial charge in [0.2, 0.25) is 0 Å². The lowest BCUT2D eigenvalue weighted by atomic mass is 10.1. The molecule has 0 aliphatic carbocycles. The lowest BCUT2D eigenvalue weighted by Gasteiger charge is -2.37. The quantitative estimate of drug-likeness (QED) is 0.630. The van der Waals surface area contributed by atoms with Crippen LogP contribution >= 0.6 is 0 Å². The van der Waals surface area contributed by atoms with Gasteiger partial charge in [-0.25, -0.2) is 4.98 Å². The van der Waals surface area contributed by atoms with E-state index in [4.69, 9.17) is 4.74 Å². The van der Waals surface area contributed by atoms with Crippen LogP contribution in [0.4, 0.5) is 11.4 Å². The van der Waals surface area contributed by atoms with Gasteiger partial charge in [-0.3, -0.25) is 10.1 Å². The maximum absolute atomic E-state index is 11.2. The smallest absolute Gasteiger partial charge is 0.295 e. The second-order valence-electron chi connectivity index (χ2n) is 5.88. The molecule has 1 aliphatic rings. The Hall–Kier alpha value is -2.21. The highest BCUT2D eigenvalue weighted by atomic mass is 16.6. The van der Waals surface area contributed by atoms with Crippen molar-refractivity contribution < 1.29 is 9.66 Å². The highest BCUT2D eigenvalue weighted by molar-refractivity contribution is 5.97. The average molecular weight is 301 g/mol. The molecular weight excluding hydrogens is 282 g/mol. The summed E-state index contributed by atoms with van der Waals surface area (Å²) in [4.78, 5) is 17.5. The number of non-ortho nitro benzene ring substituents is 1. The molecule has 0 amide bonds. The van der Waals surface area contributed by atoms with Gasteiger partial charge in [-0.1, -0.05) is 12.1 Å². The first kappa shape index (κ1) is 14.7. The van der Waals surface area contributed by atoms with E-state index >= 15 is 0 Å². The molecule has 2 aromatic rings. The number of hydrogen-bond acceptors (Lipinski definition) is 5. The van der Waals surface area contributed by atoms with E-state index in [0.717, 1.165) is 29.9 Å². The van der Waals surface area contributed by atoms with Crippen LogP contribution in [0.15, 0.2) is 24.3 Å². The first-order valence-electron chi connectivity index (χ1n) is 7.41. The minimum Gasteiger partial charge on any atom is -0.372 e. The van der Waals surface area contributed by atoms with Gasteiger partial charge in [0.25, 0.3) is 5.69 Å². The fourth-order valence-corrected chi connectivity index (χ4v) is 3.12. The number of aromatic nitrogens is 1. The Labute approximate surface area is 128 Å². The normalized spacial score (nSPS) is 22.0. The summed E-state index contributed by atoms with van der Waals surface area (Å²) in [6.45, 7) is 7.49. The van der Waals surface area contributed by atoms with Crippen molar-refractivity contribution in [3.05, 3.63) is 40.1 Å². The standard InChI is InChI=1S/C16H19N3O3/c1-10-7-15(18-8-11(2)22-12(3)9-18)13-5-4-6-14(19(20)21)16(13)17-10/h4-7,11-12H,8-9H2,1-3H3. The third-order valence-corrected chi connectivity index (χ3v) is 3.88. The molecule has 2 unspecified atom stereocenters. The Morgan fingerprint density at radius 3 is 2.64 bits per heavy atom. The van der Waals surface area contributed by atoms with Gasteiger partial charge in [0, 0.05) is 35.9 Å². The second-order valence-corrected chi connectivity index (χ2v) is 5.88. The van der Waals surface area contributed by atoms with Crippen molar-refractivity contribution in [1.29, 1.82) is 0 Å². The number of nitrogens with zero attached hydrogens (tertiary/aromatic N) is 3. The SMILES string of the molecule is Cc1cc(N2CC(C)OC(C)C2)c2cccc([N+](=O)[O-])c2n1. The lowest BCUT2D eigenvalue weighted by Crippen LogP contribution is -2.45. The molecule has 0 saturated carbocycles. The maximum atomic E-state index is 11.2. The van der Waals surface area contributed by atoms with Gasteiger partial charge in [0.05, 0.1) is 17.1 Å². The minimum absolute atomic E-state index is 0.0526. The molecular formula is C16H19N3O3. The van der Waals surface area contributed by atoms with E-state index < -0.39 is 0 Å². The number of fused-ring (bicyclic) bond motifs is 1. The number of rotatable bonds is 2. The molecule has 2 atom stereocenters. The van der Waals surface area contributed by atoms with Crippen molar-refractivity contribution in [2.45, 2.75) is 33.0 Å². The van der Waals surface area contributed by atoms with Gasteiger partial charge in [-0.2, -0.15) is 0 Å². The third-order valence-electron chi connectivity index (χ3n) is 3.88. The average Bonchev–Trinajstić information content (AvgIpc) is 2.44. The van der Waals surface area contributed by atoms with Crippen LogP contribution in [-0.4, -0.2) is 35.2 Å². The van der Waals surface area contributed by atoms with Crippen molar-refractivity contribution in [3.63, 3.8) is 0 Å². The predicted molar refractivity (Wildman–Crippen MR) is 85.4 cm³/mol. The highest BCUT2D eigenvalue weighted by Crippen LogP contribution is 2.33. The van der Waals surface area contributed by atoms with Crippen LogP contribution in [0.2, 0.25) is 0 Å². The summed E-state index contributed by atoms with van der Waals surface area (Å²) in [6, 6.07) is 7.11. The number of hydrogen-bond donors (Lipinski definition) is 0. The molecule has 3 rings (SSSR count). The largest absolute Gasteiger partial charge is 0.372 e. The van der Waals surface area contributed by atoms with Crippen LogP contribution < -0.4 is 4.90 Å². The molecule has 0 bridgehead atoms. The number of morpholine rings is 1. The second kappa shape index (κ2) is 5.53. The summed E-state index contributed by atoms with van der Waals surface area (Å²) in [5, 5.41) is 12.1. The highest BCUT2D eigenvalue weighted by Gasteiger charge is 2.25. The summed E-state index contributed by atoms with van der Waals surface area (Å²) in [7, 11) is 0. The van der Waals surface area contributed by atoms with Crippen molar-refractivity contribution in [2.75, 3.05) is 18.0 Å². The molecule has 0 spiro atoms. The summed E-state index contributed by atoms with van der Waals surface area (Å²) >= 11 is 0. The van der Waals surface area contributed by atoms with E-state index in [-0.39, 0.29) is 22.8 Å². The van der Waals surface area contributed by atoms with Crippen molar-refractivity contribution in [1.82, 2.24) is 4.98 Å². The van der Waals surface area contributed by atoms with E-state index in [1.807, 2.05) is 32.9 Å². The zero-order valence-corrected chi connectivity index (χ0v) is 12.9. The predicted octanol–water partition coefficient (Wildman–Crippen LogP) is 3.07. The first-order valence-corrected chi connectivity index (χ1v) is 7.41. The summed E-state index contributed by atoms with van der Waals surface area (Å²) in [5.74, 6) is 0. The van der Waals surface area contributed by atoms with E-state index in [0.29, 0.717) is 5.52 Å². The fraction of sp³-hybridized carbons (Fsp3) is 0.438. The zero-order valence-electron chi connectivity index (χ0n) is 12.9. The minimum atomic E-state index is -0.372. The number of nitro groups is 1. The van der Waals surface area contributed by atoms with Crippen LogP contribution in [0.1, 0.15) is 19.5 Å². The molecule has 6 heteroatoms. The van der Waals surface area contributed by atoms with Crippen molar-refractivity contribution in [2.24, 2.45) is 0 Å². The Balaban J connectivity index is 2.17. The Kier molecular flexibility index (Phi) is 3.70. The van der Waals surface area contributed by atoms with Gasteiger partial charge in [-0.05, 0) is 26.8 Å². The number of anilines is 1. The van der Waals surface area contributed by atoms with Gasteiger partial charge in [-0.15, -0.1) is 0 Å². The Bertz CT molecular complexity index is 722. The van der Waals surface area contributed by atoms with Crippen molar-refractivity contribution >= 4 is 22.3 Å². The number of pyridine rings is 1.